The molecule has 10 nitrogen and oxygen atoms in total. The summed E-state index contributed by atoms with van der Waals surface area (Å²) in [5.74, 6) is -1.67. The normalized spacial score (nSPS) is 10.5. The van der Waals surface area contributed by atoms with Crippen LogP contribution in [0.3, 0.4) is 0 Å². The number of hydrogen-bond donors (Lipinski definition) is 0. The molecule has 0 aromatic rings. The molecule has 0 saturated heterocycles. The van der Waals surface area contributed by atoms with E-state index in [0.717, 1.165) is 5.23 Å². The monoisotopic (exact) mass is 351 g/mol. The fourth-order valence-electron chi connectivity index (χ4n) is 1.32. The molecule has 0 amide bonds. The third-order valence-electron chi connectivity index (χ3n) is 2.21. The van der Waals surface area contributed by atoms with E-state index in [1.807, 2.05) is 0 Å². The third kappa shape index (κ3) is 12.8. The largest absolute Gasteiger partial charge is 0.464 e. The summed E-state index contributed by atoms with van der Waals surface area (Å²) in [7, 11) is 0. The standard InChI is InChI=1S/C14H25NO9/c1-4-20-12(16)9-19-8-7-15(23-10-13(17)21-5-2)24-11-14(18)22-6-3/h4-11H2,1-3H3. The lowest BCUT2D eigenvalue weighted by atomic mass is 10.6. The van der Waals surface area contributed by atoms with Gasteiger partial charge in [-0.1, -0.05) is 5.23 Å². The predicted molar refractivity (Wildman–Crippen MR) is 79.3 cm³/mol. The van der Waals surface area contributed by atoms with Crippen molar-refractivity contribution in [3.63, 3.8) is 0 Å². The van der Waals surface area contributed by atoms with Crippen molar-refractivity contribution in [1.29, 1.82) is 0 Å². The summed E-state index contributed by atoms with van der Waals surface area (Å²) in [6.07, 6.45) is 0. The van der Waals surface area contributed by atoms with Crippen LogP contribution in [0.1, 0.15) is 20.8 Å². The Morgan fingerprint density at radius 1 is 0.708 bits per heavy atom. The minimum atomic E-state index is -0.588. The molecule has 140 valence electrons. The van der Waals surface area contributed by atoms with Crippen LogP contribution in [-0.2, 0) is 43.0 Å². The van der Waals surface area contributed by atoms with E-state index >= 15 is 0 Å². The Bertz CT molecular complexity index is 353. The molecule has 0 bridgehead atoms. The molecule has 0 fully saturated rings. The van der Waals surface area contributed by atoms with Gasteiger partial charge in [0.1, 0.15) is 6.61 Å². The van der Waals surface area contributed by atoms with Crippen molar-refractivity contribution < 1.29 is 43.0 Å². The Morgan fingerprint density at radius 2 is 1.12 bits per heavy atom. The van der Waals surface area contributed by atoms with E-state index in [1.165, 1.54) is 0 Å². The summed E-state index contributed by atoms with van der Waals surface area (Å²) >= 11 is 0. The van der Waals surface area contributed by atoms with Crippen LogP contribution in [0.2, 0.25) is 0 Å². The van der Waals surface area contributed by atoms with Crippen molar-refractivity contribution in [3.8, 4) is 0 Å². The van der Waals surface area contributed by atoms with Gasteiger partial charge >= 0.3 is 17.9 Å². The van der Waals surface area contributed by atoms with Crippen molar-refractivity contribution >= 4 is 17.9 Å². The van der Waals surface area contributed by atoms with Crippen LogP contribution < -0.4 is 0 Å². The molecule has 24 heavy (non-hydrogen) atoms. The maximum atomic E-state index is 11.3. The number of hydroxylamine groups is 2. The van der Waals surface area contributed by atoms with Crippen molar-refractivity contribution in [3.05, 3.63) is 0 Å². The molecule has 0 radical (unpaired) electrons. The minimum Gasteiger partial charge on any atom is -0.464 e. The fourth-order valence-corrected chi connectivity index (χ4v) is 1.32. The van der Waals surface area contributed by atoms with Gasteiger partial charge in [-0.05, 0) is 20.8 Å². The van der Waals surface area contributed by atoms with Crippen molar-refractivity contribution in [1.82, 2.24) is 5.23 Å². The Labute approximate surface area is 140 Å². The highest BCUT2D eigenvalue weighted by Gasteiger charge is 2.13. The Kier molecular flexibility index (Phi) is 13.7. The topological polar surface area (TPSA) is 110 Å². The summed E-state index contributed by atoms with van der Waals surface area (Å²) in [6.45, 7) is 4.78. The first kappa shape index (κ1) is 22.2. The molecule has 0 aliphatic carbocycles. The van der Waals surface area contributed by atoms with E-state index in [0.29, 0.717) is 0 Å². The quantitative estimate of drug-likeness (QED) is 0.181. The SMILES string of the molecule is CCOC(=O)COCCN(OCC(=O)OCC)OCC(=O)OCC. The molecule has 0 saturated carbocycles. The fraction of sp³-hybridized carbons (Fsp3) is 0.786. The summed E-state index contributed by atoms with van der Waals surface area (Å²) in [4.78, 5) is 43.8. The molecule has 0 atom stereocenters. The molecule has 0 aromatic heterocycles. The van der Waals surface area contributed by atoms with Gasteiger partial charge < -0.3 is 18.9 Å². The Balaban J connectivity index is 4.17. The van der Waals surface area contributed by atoms with E-state index in [1.54, 1.807) is 20.8 Å². The van der Waals surface area contributed by atoms with Crippen LogP contribution >= 0.6 is 0 Å². The lowest BCUT2D eigenvalue weighted by Crippen LogP contribution is -2.33. The molecular formula is C14H25NO9. The molecule has 0 aliphatic heterocycles. The second kappa shape index (κ2) is 14.8. The second-order valence-electron chi connectivity index (χ2n) is 4.07. The first-order valence-electron chi connectivity index (χ1n) is 7.61. The van der Waals surface area contributed by atoms with E-state index in [9.17, 15) is 14.4 Å². The van der Waals surface area contributed by atoms with Gasteiger partial charge in [0, 0.05) is 0 Å². The molecule has 0 spiro atoms. The minimum absolute atomic E-state index is 0.0399. The first-order valence-corrected chi connectivity index (χ1v) is 7.61. The number of esters is 3. The van der Waals surface area contributed by atoms with Crippen molar-refractivity contribution in [2.24, 2.45) is 0 Å². The summed E-state index contributed by atoms with van der Waals surface area (Å²) in [5, 5.41) is 0.902. The van der Waals surface area contributed by atoms with Crippen LogP contribution in [0.15, 0.2) is 0 Å². The molecule has 10 heteroatoms. The molecule has 0 aromatic carbocycles. The summed E-state index contributed by atoms with van der Waals surface area (Å²) in [5.41, 5.74) is 0. The molecule has 0 N–H and O–H groups in total. The second-order valence-corrected chi connectivity index (χ2v) is 4.07. The van der Waals surface area contributed by atoms with E-state index in [4.69, 9.17) is 28.6 Å². The molecule has 0 rings (SSSR count). The van der Waals surface area contributed by atoms with Crippen LogP contribution in [-0.4, -0.2) is 75.9 Å². The number of carbonyl (C=O) groups excluding carboxylic acids is 3. The van der Waals surface area contributed by atoms with Gasteiger partial charge in [-0.15, -0.1) is 0 Å². The van der Waals surface area contributed by atoms with Gasteiger partial charge in [0.2, 0.25) is 0 Å². The van der Waals surface area contributed by atoms with E-state index in [2.05, 4.69) is 0 Å². The number of hydrogen-bond acceptors (Lipinski definition) is 10. The third-order valence-corrected chi connectivity index (χ3v) is 2.21. The molecule has 0 unspecified atom stereocenters. The first-order chi connectivity index (χ1) is 11.5. The van der Waals surface area contributed by atoms with Crippen LogP contribution in [0.5, 0.6) is 0 Å². The maximum absolute atomic E-state index is 11.3. The lowest BCUT2D eigenvalue weighted by molar-refractivity contribution is -0.365. The van der Waals surface area contributed by atoms with E-state index < -0.39 is 31.1 Å². The average Bonchev–Trinajstić information content (AvgIpc) is 2.54. The van der Waals surface area contributed by atoms with Crippen LogP contribution in [0.25, 0.3) is 0 Å². The number of carbonyl (C=O) groups is 3. The number of rotatable bonds is 14. The number of ether oxygens (including phenoxy) is 4. The summed E-state index contributed by atoms with van der Waals surface area (Å²) < 4.78 is 19.2. The molecule has 0 heterocycles. The van der Waals surface area contributed by atoms with E-state index in [-0.39, 0.29) is 39.6 Å². The van der Waals surface area contributed by atoms with Gasteiger partial charge in [0.15, 0.2) is 13.2 Å². The zero-order valence-electron chi connectivity index (χ0n) is 14.3. The van der Waals surface area contributed by atoms with Crippen LogP contribution in [0.4, 0.5) is 0 Å². The van der Waals surface area contributed by atoms with Crippen molar-refractivity contribution in [2.75, 3.05) is 52.8 Å². The predicted octanol–water partition coefficient (Wildman–Crippen LogP) is -0.142. The Hall–Kier alpha value is -1.75. The maximum Gasteiger partial charge on any atom is 0.334 e. The van der Waals surface area contributed by atoms with Crippen LogP contribution in [0, 0.1) is 0 Å². The average molecular weight is 351 g/mol. The Morgan fingerprint density at radius 3 is 1.54 bits per heavy atom. The highest BCUT2D eigenvalue weighted by molar-refractivity contribution is 5.71. The van der Waals surface area contributed by atoms with Gasteiger partial charge in [0.25, 0.3) is 0 Å². The number of nitrogens with zero attached hydrogens (tertiary/aromatic N) is 1. The highest BCUT2D eigenvalue weighted by Crippen LogP contribution is 1.96. The van der Waals surface area contributed by atoms with Gasteiger partial charge in [-0.25, -0.2) is 14.4 Å². The molecular weight excluding hydrogens is 326 g/mol. The highest BCUT2D eigenvalue weighted by atomic mass is 17.0. The zero-order valence-corrected chi connectivity index (χ0v) is 14.3. The van der Waals surface area contributed by atoms with Crippen molar-refractivity contribution in [2.45, 2.75) is 20.8 Å². The lowest BCUT2D eigenvalue weighted by Gasteiger charge is -2.20. The molecule has 0 aliphatic rings. The van der Waals surface area contributed by atoms with Gasteiger partial charge in [0.05, 0.1) is 33.0 Å². The van der Waals surface area contributed by atoms with Gasteiger partial charge in [-0.2, -0.15) is 0 Å². The van der Waals surface area contributed by atoms with Gasteiger partial charge in [-0.3, -0.25) is 9.68 Å². The zero-order chi connectivity index (χ0) is 18.2. The summed E-state index contributed by atoms with van der Waals surface area (Å²) in [6, 6.07) is 0. The smallest absolute Gasteiger partial charge is 0.334 e.